The van der Waals surface area contributed by atoms with Crippen LogP contribution in [0.3, 0.4) is 0 Å². The smallest absolute Gasteiger partial charge is 0.220 e. The molecule has 1 aliphatic carbocycles. The molecule has 31 heavy (non-hydrogen) atoms. The first-order valence-electron chi connectivity index (χ1n) is 11.6. The van der Waals surface area contributed by atoms with E-state index in [4.69, 9.17) is 4.74 Å². The van der Waals surface area contributed by atoms with Gasteiger partial charge in [-0.1, -0.05) is 32.1 Å². The molecule has 0 spiro atoms. The lowest BCUT2D eigenvalue weighted by Gasteiger charge is -2.35. The minimum absolute atomic E-state index is 0.0519. The molecule has 1 saturated heterocycles. The number of sulfonamides is 1. The highest BCUT2D eigenvalue weighted by atomic mass is 32.2. The SMILES string of the molecule is COc1ccc(N2CCN(S(=O)(=O)CCCNC(=O)CCC3CCCCC3)CC2)cc1. The van der Waals surface area contributed by atoms with Gasteiger partial charge in [0.2, 0.25) is 15.9 Å². The molecular formula is C23H37N3O4S. The minimum atomic E-state index is -3.29. The highest BCUT2D eigenvalue weighted by Crippen LogP contribution is 2.27. The van der Waals surface area contributed by atoms with E-state index in [1.54, 1.807) is 11.4 Å². The number of benzene rings is 1. The first-order valence-corrected chi connectivity index (χ1v) is 13.2. The summed E-state index contributed by atoms with van der Waals surface area (Å²) in [7, 11) is -1.65. The number of amides is 1. The van der Waals surface area contributed by atoms with Crippen LogP contribution in [0.4, 0.5) is 5.69 Å². The number of nitrogens with zero attached hydrogens (tertiary/aromatic N) is 2. The second kappa shape index (κ2) is 11.7. The van der Waals surface area contributed by atoms with Crippen LogP contribution in [0.1, 0.15) is 51.4 Å². The van der Waals surface area contributed by atoms with Crippen molar-refractivity contribution in [1.82, 2.24) is 9.62 Å². The number of nitrogens with one attached hydrogen (secondary N) is 1. The minimum Gasteiger partial charge on any atom is -0.497 e. The van der Waals surface area contributed by atoms with Crippen molar-refractivity contribution >= 4 is 21.6 Å². The van der Waals surface area contributed by atoms with E-state index in [1.165, 1.54) is 32.1 Å². The molecule has 7 nitrogen and oxygen atoms in total. The summed E-state index contributed by atoms with van der Waals surface area (Å²) < 4.78 is 32.1. The first kappa shape index (κ1) is 23.9. The van der Waals surface area contributed by atoms with Crippen molar-refractivity contribution in [2.75, 3.05) is 50.5 Å². The molecule has 0 bridgehead atoms. The Morgan fingerprint density at radius 1 is 1.06 bits per heavy atom. The Kier molecular flexibility index (Phi) is 9.02. The van der Waals surface area contributed by atoms with Gasteiger partial charge in [-0.05, 0) is 43.0 Å². The van der Waals surface area contributed by atoms with Crippen molar-refractivity contribution in [3.63, 3.8) is 0 Å². The topological polar surface area (TPSA) is 79.0 Å². The Morgan fingerprint density at radius 3 is 2.39 bits per heavy atom. The molecular weight excluding hydrogens is 414 g/mol. The van der Waals surface area contributed by atoms with Crippen LogP contribution in [0.15, 0.2) is 24.3 Å². The fourth-order valence-corrected chi connectivity index (χ4v) is 6.02. The lowest BCUT2D eigenvalue weighted by atomic mass is 9.86. The molecule has 1 aliphatic heterocycles. The predicted molar refractivity (Wildman–Crippen MR) is 124 cm³/mol. The second-order valence-corrected chi connectivity index (χ2v) is 10.7. The van der Waals surface area contributed by atoms with E-state index in [1.807, 2.05) is 24.3 Å². The zero-order valence-corrected chi connectivity index (χ0v) is 19.5. The Labute approximate surface area is 187 Å². The second-order valence-electron chi connectivity index (χ2n) is 8.65. The van der Waals surface area contributed by atoms with E-state index < -0.39 is 10.0 Å². The van der Waals surface area contributed by atoms with E-state index in [0.29, 0.717) is 51.5 Å². The molecule has 3 rings (SSSR count). The van der Waals surface area contributed by atoms with Gasteiger partial charge in [-0.15, -0.1) is 0 Å². The summed E-state index contributed by atoms with van der Waals surface area (Å²) in [6.07, 6.45) is 8.38. The van der Waals surface area contributed by atoms with Crippen molar-refractivity contribution in [3.05, 3.63) is 24.3 Å². The van der Waals surface area contributed by atoms with Gasteiger partial charge in [0, 0.05) is 44.8 Å². The van der Waals surface area contributed by atoms with Gasteiger partial charge in [0.25, 0.3) is 0 Å². The number of rotatable bonds is 10. The number of ether oxygens (including phenoxy) is 1. The van der Waals surface area contributed by atoms with E-state index in [2.05, 4.69) is 10.2 Å². The number of hydrogen-bond acceptors (Lipinski definition) is 5. The molecule has 1 heterocycles. The van der Waals surface area contributed by atoms with Crippen LogP contribution in [0.25, 0.3) is 0 Å². The van der Waals surface area contributed by atoms with Crippen LogP contribution in [-0.2, 0) is 14.8 Å². The van der Waals surface area contributed by atoms with Crippen LogP contribution in [-0.4, -0.2) is 64.2 Å². The van der Waals surface area contributed by atoms with E-state index in [0.717, 1.165) is 17.9 Å². The van der Waals surface area contributed by atoms with Gasteiger partial charge in [-0.25, -0.2) is 8.42 Å². The predicted octanol–water partition coefficient (Wildman–Crippen LogP) is 3.01. The van der Waals surface area contributed by atoms with Crippen molar-refractivity contribution in [1.29, 1.82) is 0 Å². The molecule has 0 unspecified atom stereocenters. The third-order valence-corrected chi connectivity index (χ3v) is 8.43. The van der Waals surface area contributed by atoms with E-state index >= 15 is 0 Å². The van der Waals surface area contributed by atoms with E-state index in [9.17, 15) is 13.2 Å². The van der Waals surface area contributed by atoms with Crippen LogP contribution in [0.5, 0.6) is 5.75 Å². The maximum atomic E-state index is 12.7. The summed E-state index contributed by atoms with van der Waals surface area (Å²) in [5, 5.41) is 2.90. The number of anilines is 1. The summed E-state index contributed by atoms with van der Waals surface area (Å²) >= 11 is 0. The largest absolute Gasteiger partial charge is 0.497 e. The Bertz CT molecular complexity index is 784. The molecule has 1 amide bonds. The van der Waals surface area contributed by atoms with Gasteiger partial charge >= 0.3 is 0 Å². The lowest BCUT2D eigenvalue weighted by molar-refractivity contribution is -0.121. The molecule has 0 radical (unpaired) electrons. The first-order chi connectivity index (χ1) is 15.0. The van der Waals surface area contributed by atoms with Crippen LogP contribution in [0, 0.1) is 5.92 Å². The summed E-state index contributed by atoms with van der Waals surface area (Å²) in [5.74, 6) is 1.64. The third-order valence-electron chi connectivity index (χ3n) is 6.48. The number of carbonyl (C=O) groups excluding carboxylic acids is 1. The van der Waals surface area contributed by atoms with Gasteiger partial charge in [-0.2, -0.15) is 4.31 Å². The van der Waals surface area contributed by atoms with E-state index in [-0.39, 0.29) is 11.7 Å². The molecule has 1 N–H and O–H groups in total. The number of carbonyl (C=O) groups is 1. The highest BCUT2D eigenvalue weighted by molar-refractivity contribution is 7.89. The molecule has 8 heteroatoms. The zero-order valence-electron chi connectivity index (χ0n) is 18.7. The average Bonchev–Trinajstić information content (AvgIpc) is 2.81. The maximum absolute atomic E-state index is 12.7. The average molecular weight is 452 g/mol. The van der Waals surface area contributed by atoms with Crippen LogP contribution >= 0.6 is 0 Å². The molecule has 0 aromatic heterocycles. The molecule has 1 aromatic carbocycles. The summed E-state index contributed by atoms with van der Waals surface area (Å²) in [4.78, 5) is 14.2. The lowest BCUT2D eigenvalue weighted by Crippen LogP contribution is -2.49. The highest BCUT2D eigenvalue weighted by Gasteiger charge is 2.26. The number of methoxy groups -OCH3 is 1. The monoisotopic (exact) mass is 451 g/mol. The molecule has 0 atom stereocenters. The molecule has 2 aliphatic rings. The Morgan fingerprint density at radius 2 is 1.74 bits per heavy atom. The van der Waals surface area contributed by atoms with Crippen molar-refractivity contribution in [2.45, 2.75) is 51.4 Å². The van der Waals surface area contributed by atoms with Crippen molar-refractivity contribution < 1.29 is 17.9 Å². The number of hydrogen-bond donors (Lipinski definition) is 1. The Balaban J connectivity index is 1.32. The van der Waals surface area contributed by atoms with Gasteiger partial charge in [0.05, 0.1) is 12.9 Å². The summed E-state index contributed by atoms with van der Waals surface area (Å²) in [6.45, 7) is 2.74. The summed E-state index contributed by atoms with van der Waals surface area (Å²) in [6, 6.07) is 7.84. The van der Waals surface area contributed by atoms with Gasteiger partial charge in [0.1, 0.15) is 5.75 Å². The van der Waals surface area contributed by atoms with Crippen molar-refractivity contribution in [2.24, 2.45) is 5.92 Å². The molecule has 1 saturated carbocycles. The molecule has 174 valence electrons. The third kappa shape index (κ3) is 7.38. The fraction of sp³-hybridized carbons (Fsp3) is 0.696. The standard InChI is InChI=1S/C23H37N3O4S/c1-30-22-11-9-21(10-12-22)25-15-17-26(18-16-25)31(28,29)19-5-14-24-23(27)13-8-20-6-3-2-4-7-20/h9-12,20H,2-8,13-19H2,1H3,(H,24,27). The summed E-state index contributed by atoms with van der Waals surface area (Å²) in [5.41, 5.74) is 1.08. The molecule has 1 aromatic rings. The van der Waals surface area contributed by atoms with Gasteiger partial charge in [-0.3, -0.25) is 4.79 Å². The van der Waals surface area contributed by atoms with Crippen LogP contribution in [0.2, 0.25) is 0 Å². The number of piperazine rings is 1. The van der Waals surface area contributed by atoms with Gasteiger partial charge < -0.3 is 15.0 Å². The zero-order chi connectivity index (χ0) is 22.1. The van der Waals surface area contributed by atoms with Crippen molar-refractivity contribution in [3.8, 4) is 5.75 Å². The Hall–Kier alpha value is -1.80. The maximum Gasteiger partial charge on any atom is 0.220 e. The van der Waals surface area contributed by atoms with Gasteiger partial charge in [0.15, 0.2) is 0 Å². The fourth-order valence-electron chi connectivity index (χ4n) is 4.53. The molecule has 2 fully saturated rings. The van der Waals surface area contributed by atoms with Crippen LogP contribution < -0.4 is 15.0 Å². The quantitative estimate of drug-likeness (QED) is 0.553. The normalized spacial score (nSPS) is 18.7.